The van der Waals surface area contributed by atoms with Crippen LogP contribution in [0.3, 0.4) is 0 Å². The lowest BCUT2D eigenvalue weighted by Crippen LogP contribution is -1.99. The quantitative estimate of drug-likeness (QED) is 0.566. The number of fused-ring (bicyclic) bond motifs is 1. The molecular weight excluding hydrogens is 352 g/mol. The van der Waals surface area contributed by atoms with Crippen LogP contribution in [0, 0.1) is 0 Å². The molecule has 1 N–H and O–H groups in total. The number of nitrogens with zero attached hydrogens (tertiary/aromatic N) is 4. The van der Waals surface area contributed by atoms with Crippen LogP contribution in [0.25, 0.3) is 33.4 Å². The van der Waals surface area contributed by atoms with Crippen molar-refractivity contribution in [2.24, 2.45) is 0 Å². The molecule has 4 aromatic rings. The molecule has 0 saturated heterocycles. The van der Waals surface area contributed by atoms with Crippen LogP contribution in [0.4, 0.5) is 0 Å². The number of aliphatic hydroxyl groups excluding tert-OH is 1. The van der Waals surface area contributed by atoms with Gasteiger partial charge in [0, 0.05) is 40.9 Å². The van der Waals surface area contributed by atoms with Gasteiger partial charge in [0.2, 0.25) is 0 Å². The lowest BCUT2D eigenvalue weighted by atomic mass is 10.00. The Balaban J connectivity index is 2.00. The van der Waals surface area contributed by atoms with E-state index in [2.05, 4.69) is 16.9 Å². The highest BCUT2D eigenvalue weighted by molar-refractivity contribution is 5.96. The normalized spacial score (nSPS) is 12.3. The van der Waals surface area contributed by atoms with Crippen molar-refractivity contribution in [1.82, 2.24) is 19.7 Å². The van der Waals surface area contributed by atoms with Crippen LogP contribution >= 0.6 is 0 Å². The summed E-state index contributed by atoms with van der Waals surface area (Å²) in [6, 6.07) is 13.8. The number of hydrogen-bond acceptors (Lipinski definition) is 5. The van der Waals surface area contributed by atoms with Crippen LogP contribution in [0.2, 0.25) is 0 Å². The summed E-state index contributed by atoms with van der Waals surface area (Å²) in [4.78, 5) is 8.99. The summed E-state index contributed by atoms with van der Waals surface area (Å²) in [5, 5.41) is 15.8. The van der Waals surface area contributed by atoms with Gasteiger partial charge < -0.3 is 9.84 Å². The molecule has 0 amide bonds. The van der Waals surface area contributed by atoms with E-state index in [-0.39, 0.29) is 0 Å². The fourth-order valence-electron chi connectivity index (χ4n) is 3.38. The Kier molecular flexibility index (Phi) is 4.79. The maximum absolute atomic E-state index is 10.2. The van der Waals surface area contributed by atoms with E-state index in [1.54, 1.807) is 20.4 Å². The third-order valence-electron chi connectivity index (χ3n) is 4.82. The second-order valence-electron chi connectivity index (χ2n) is 6.62. The zero-order valence-electron chi connectivity index (χ0n) is 16.1. The van der Waals surface area contributed by atoms with Crippen molar-refractivity contribution >= 4 is 10.9 Å². The molecule has 0 radical (unpaired) electrons. The van der Waals surface area contributed by atoms with Gasteiger partial charge in [-0.3, -0.25) is 4.68 Å². The van der Waals surface area contributed by atoms with Crippen molar-refractivity contribution in [3.8, 4) is 28.3 Å². The Morgan fingerprint density at radius 3 is 2.57 bits per heavy atom. The summed E-state index contributed by atoms with van der Waals surface area (Å²) in [5.74, 6) is 0.611. The van der Waals surface area contributed by atoms with Gasteiger partial charge in [-0.1, -0.05) is 30.3 Å². The summed E-state index contributed by atoms with van der Waals surface area (Å²) in [6.07, 6.45) is 2.90. The lowest BCUT2D eigenvalue weighted by Gasteiger charge is -2.13. The minimum Gasteiger partial charge on any atom is -0.496 e. The number of hydrogen-bond donors (Lipinski definition) is 1. The van der Waals surface area contributed by atoms with E-state index in [9.17, 15) is 5.11 Å². The van der Waals surface area contributed by atoms with Crippen molar-refractivity contribution in [1.29, 1.82) is 0 Å². The molecule has 0 aliphatic heterocycles. The zero-order chi connectivity index (χ0) is 19.7. The topological polar surface area (TPSA) is 73.1 Å². The second-order valence-corrected chi connectivity index (χ2v) is 6.62. The number of methoxy groups -OCH3 is 1. The molecule has 0 saturated carbocycles. The summed E-state index contributed by atoms with van der Waals surface area (Å²) < 4.78 is 7.35. The smallest absolute Gasteiger partial charge is 0.126 e. The van der Waals surface area contributed by atoms with E-state index in [1.807, 2.05) is 53.3 Å². The molecule has 0 bridgehead atoms. The molecule has 6 nitrogen and oxygen atoms in total. The maximum Gasteiger partial charge on any atom is 0.126 e. The first-order chi connectivity index (χ1) is 13.6. The van der Waals surface area contributed by atoms with Gasteiger partial charge in [0.05, 0.1) is 24.4 Å². The molecule has 1 atom stereocenters. The largest absolute Gasteiger partial charge is 0.496 e. The maximum atomic E-state index is 10.2. The van der Waals surface area contributed by atoms with E-state index < -0.39 is 6.10 Å². The Hall–Kier alpha value is -3.25. The Bertz CT molecular complexity index is 1120. The van der Waals surface area contributed by atoms with Gasteiger partial charge in [-0.15, -0.1) is 0 Å². The monoisotopic (exact) mass is 374 g/mol. The van der Waals surface area contributed by atoms with Crippen molar-refractivity contribution in [3.63, 3.8) is 0 Å². The minimum atomic E-state index is -0.667. The molecule has 0 spiro atoms. The highest BCUT2D eigenvalue weighted by Crippen LogP contribution is 2.37. The van der Waals surface area contributed by atoms with Crippen LogP contribution in [-0.2, 0) is 6.54 Å². The number of ether oxygens (including phenoxy) is 1. The molecule has 6 heteroatoms. The van der Waals surface area contributed by atoms with Gasteiger partial charge in [0.15, 0.2) is 0 Å². The minimum absolute atomic E-state index is 0.611. The number of aliphatic hydroxyl groups is 1. The molecule has 4 rings (SSSR count). The van der Waals surface area contributed by atoms with Crippen molar-refractivity contribution < 1.29 is 9.84 Å². The number of aryl methyl sites for hydroxylation is 1. The summed E-state index contributed by atoms with van der Waals surface area (Å²) >= 11 is 0. The highest BCUT2D eigenvalue weighted by atomic mass is 16.5. The van der Waals surface area contributed by atoms with Crippen molar-refractivity contribution in [3.05, 3.63) is 60.6 Å². The van der Waals surface area contributed by atoms with Crippen LogP contribution in [0.1, 0.15) is 25.5 Å². The molecule has 2 aromatic heterocycles. The van der Waals surface area contributed by atoms with Gasteiger partial charge in [-0.25, -0.2) is 9.97 Å². The molecule has 0 fully saturated rings. The SMILES string of the molecule is CCn1cc(-c2ncnc3cc(OC)c([C@@H](C)O)cc23)c(-c2ccccc2)n1. The molecular formula is C22H22N4O2. The number of rotatable bonds is 5. The van der Waals surface area contributed by atoms with Crippen LogP contribution in [0.5, 0.6) is 5.75 Å². The summed E-state index contributed by atoms with van der Waals surface area (Å²) in [7, 11) is 1.59. The standard InChI is InChI=1S/C22H22N4O2/c1-4-26-12-18(21(25-26)15-8-6-5-7-9-15)22-17-10-16(14(2)27)20(28-3)11-19(17)23-13-24-22/h5-14,27H,4H2,1-3H3/t14-/m1/s1. The lowest BCUT2D eigenvalue weighted by molar-refractivity contribution is 0.194. The van der Waals surface area contributed by atoms with Gasteiger partial charge in [0.1, 0.15) is 17.8 Å². The Morgan fingerprint density at radius 2 is 1.89 bits per heavy atom. The molecule has 28 heavy (non-hydrogen) atoms. The van der Waals surface area contributed by atoms with E-state index in [0.717, 1.165) is 40.0 Å². The zero-order valence-corrected chi connectivity index (χ0v) is 16.1. The number of benzene rings is 2. The van der Waals surface area contributed by atoms with Crippen molar-refractivity contribution in [2.75, 3.05) is 7.11 Å². The molecule has 2 heterocycles. The van der Waals surface area contributed by atoms with Crippen molar-refractivity contribution in [2.45, 2.75) is 26.5 Å². The molecule has 0 unspecified atom stereocenters. The Morgan fingerprint density at radius 1 is 1.11 bits per heavy atom. The first kappa shape index (κ1) is 18.1. The van der Waals surface area contributed by atoms with Crippen LogP contribution in [0.15, 0.2) is 55.0 Å². The summed E-state index contributed by atoms with van der Waals surface area (Å²) in [5.41, 5.74) is 5.08. The predicted octanol–water partition coefficient (Wildman–Crippen LogP) is 4.24. The van der Waals surface area contributed by atoms with Crippen LogP contribution < -0.4 is 4.74 Å². The third kappa shape index (κ3) is 3.12. The van der Waals surface area contributed by atoms with Gasteiger partial charge in [0.25, 0.3) is 0 Å². The Labute approximate surface area is 163 Å². The molecule has 0 aliphatic carbocycles. The molecule has 2 aromatic carbocycles. The van der Waals surface area contributed by atoms with E-state index in [0.29, 0.717) is 11.3 Å². The average Bonchev–Trinajstić information content (AvgIpc) is 3.17. The fraction of sp³-hybridized carbons (Fsp3) is 0.227. The average molecular weight is 374 g/mol. The number of aromatic nitrogens is 4. The van der Waals surface area contributed by atoms with Gasteiger partial charge in [-0.2, -0.15) is 5.10 Å². The first-order valence-corrected chi connectivity index (χ1v) is 9.26. The highest BCUT2D eigenvalue weighted by Gasteiger charge is 2.19. The molecule has 0 aliphatic rings. The third-order valence-corrected chi connectivity index (χ3v) is 4.82. The van der Waals surface area contributed by atoms with Crippen LogP contribution in [-0.4, -0.2) is 32.0 Å². The molecule has 142 valence electrons. The first-order valence-electron chi connectivity index (χ1n) is 9.26. The van der Waals surface area contributed by atoms with Gasteiger partial charge >= 0.3 is 0 Å². The fourth-order valence-corrected chi connectivity index (χ4v) is 3.38. The van der Waals surface area contributed by atoms with Gasteiger partial charge in [-0.05, 0) is 19.9 Å². The second kappa shape index (κ2) is 7.40. The van der Waals surface area contributed by atoms with E-state index in [1.165, 1.54) is 0 Å². The van der Waals surface area contributed by atoms with E-state index >= 15 is 0 Å². The predicted molar refractivity (Wildman–Crippen MR) is 109 cm³/mol. The summed E-state index contributed by atoms with van der Waals surface area (Å²) in [6.45, 7) is 4.54. The van der Waals surface area contributed by atoms with E-state index in [4.69, 9.17) is 9.84 Å².